The number of fused-ring (bicyclic) bond motifs is 1. The van der Waals surface area contributed by atoms with Crippen molar-refractivity contribution in [1.82, 2.24) is 9.55 Å². The number of imidazole rings is 1. The fraction of sp³-hybridized carbons (Fsp3) is 0.500. The van der Waals surface area contributed by atoms with Crippen LogP contribution in [0.1, 0.15) is 25.1 Å². The predicted octanol–water partition coefficient (Wildman–Crippen LogP) is 4.25. The van der Waals surface area contributed by atoms with Gasteiger partial charge in [-0.05, 0) is 31.4 Å². The molecule has 0 saturated heterocycles. The molecule has 0 atom stereocenters. The summed E-state index contributed by atoms with van der Waals surface area (Å²) >= 11 is 12.1. The molecule has 0 aliphatic heterocycles. The van der Waals surface area contributed by atoms with Crippen LogP contribution in [0.5, 0.6) is 0 Å². The van der Waals surface area contributed by atoms with E-state index in [2.05, 4.69) is 9.55 Å². The van der Waals surface area contributed by atoms with Crippen LogP contribution in [-0.4, -0.2) is 23.3 Å². The molecule has 1 aromatic heterocycles. The van der Waals surface area contributed by atoms with Gasteiger partial charge in [0.05, 0.1) is 16.4 Å². The lowest BCUT2D eigenvalue weighted by Crippen LogP contribution is -2.03. The fourth-order valence-electron chi connectivity index (χ4n) is 2.21. The van der Waals surface area contributed by atoms with Gasteiger partial charge in [-0.2, -0.15) is 0 Å². The second-order valence-corrected chi connectivity index (χ2v) is 5.15. The summed E-state index contributed by atoms with van der Waals surface area (Å²) in [4.78, 5) is 4.52. The molecule has 0 aliphatic rings. The number of methoxy groups -OCH3 is 1. The summed E-state index contributed by atoms with van der Waals surface area (Å²) in [6, 6.07) is 5.85. The van der Waals surface area contributed by atoms with Crippen molar-refractivity contribution in [2.45, 2.75) is 31.7 Å². The fourth-order valence-corrected chi connectivity index (χ4v) is 2.62. The summed E-state index contributed by atoms with van der Waals surface area (Å²) < 4.78 is 7.22. The Balaban J connectivity index is 2.14. The maximum Gasteiger partial charge on any atom is 0.124 e. The zero-order valence-corrected chi connectivity index (χ0v) is 12.5. The van der Waals surface area contributed by atoms with Crippen LogP contribution >= 0.6 is 23.2 Å². The molecule has 0 radical (unpaired) electrons. The number of benzene rings is 1. The molecule has 0 spiro atoms. The largest absolute Gasteiger partial charge is 0.385 e. The maximum atomic E-state index is 6.17. The number of hydrogen-bond donors (Lipinski definition) is 0. The van der Waals surface area contributed by atoms with Crippen LogP contribution in [0.2, 0.25) is 5.02 Å². The van der Waals surface area contributed by atoms with Gasteiger partial charge < -0.3 is 9.30 Å². The maximum absolute atomic E-state index is 6.17. The third kappa shape index (κ3) is 3.41. The molecule has 2 aromatic rings. The summed E-state index contributed by atoms with van der Waals surface area (Å²) in [6.07, 6.45) is 3.31. The smallest absolute Gasteiger partial charge is 0.124 e. The van der Waals surface area contributed by atoms with Gasteiger partial charge in [-0.15, -0.1) is 11.6 Å². The third-order valence-corrected chi connectivity index (χ3v) is 3.70. The Morgan fingerprint density at radius 3 is 2.84 bits per heavy atom. The number of unbranched alkanes of at least 4 members (excludes halogenated alkanes) is 2. The van der Waals surface area contributed by atoms with Gasteiger partial charge in [-0.25, -0.2) is 4.98 Å². The second kappa shape index (κ2) is 7.13. The molecule has 0 N–H and O–H groups in total. The van der Waals surface area contributed by atoms with E-state index in [0.29, 0.717) is 10.9 Å². The van der Waals surface area contributed by atoms with Crippen molar-refractivity contribution in [3.63, 3.8) is 0 Å². The standard InChI is InChI=1S/C14H18Cl2N2O/c1-19-9-4-2-3-8-18-12-7-5-6-11(16)14(12)17-13(18)10-15/h5-7H,2-4,8-10H2,1H3. The van der Waals surface area contributed by atoms with Crippen molar-refractivity contribution in [2.24, 2.45) is 0 Å². The quantitative estimate of drug-likeness (QED) is 0.565. The Morgan fingerprint density at radius 2 is 2.11 bits per heavy atom. The number of ether oxygens (including phenoxy) is 1. The van der Waals surface area contributed by atoms with E-state index in [1.807, 2.05) is 18.2 Å². The number of halogens is 2. The van der Waals surface area contributed by atoms with Gasteiger partial charge in [-0.1, -0.05) is 17.7 Å². The molecule has 0 unspecified atom stereocenters. The first kappa shape index (κ1) is 14.6. The van der Waals surface area contributed by atoms with Crippen molar-refractivity contribution in [3.8, 4) is 0 Å². The first-order valence-electron chi connectivity index (χ1n) is 6.46. The highest BCUT2D eigenvalue weighted by Gasteiger charge is 2.11. The van der Waals surface area contributed by atoms with Crippen LogP contribution in [0.3, 0.4) is 0 Å². The van der Waals surface area contributed by atoms with Crippen LogP contribution in [0, 0.1) is 0 Å². The Kier molecular flexibility index (Phi) is 5.49. The first-order valence-corrected chi connectivity index (χ1v) is 7.37. The highest BCUT2D eigenvalue weighted by Crippen LogP contribution is 2.25. The van der Waals surface area contributed by atoms with Gasteiger partial charge in [0.15, 0.2) is 0 Å². The van der Waals surface area contributed by atoms with Gasteiger partial charge in [0.2, 0.25) is 0 Å². The highest BCUT2D eigenvalue weighted by molar-refractivity contribution is 6.34. The normalized spacial score (nSPS) is 11.3. The van der Waals surface area contributed by atoms with E-state index in [0.717, 1.165) is 49.3 Å². The summed E-state index contributed by atoms with van der Waals surface area (Å²) in [5.41, 5.74) is 1.91. The number of nitrogens with zero attached hydrogens (tertiary/aromatic N) is 2. The van der Waals surface area contributed by atoms with Crippen molar-refractivity contribution in [3.05, 3.63) is 29.0 Å². The summed E-state index contributed by atoms with van der Waals surface area (Å²) in [5.74, 6) is 1.29. The summed E-state index contributed by atoms with van der Waals surface area (Å²) in [7, 11) is 1.73. The molecule has 1 aromatic carbocycles. The molecule has 0 fully saturated rings. The van der Waals surface area contributed by atoms with Crippen molar-refractivity contribution < 1.29 is 4.74 Å². The minimum atomic E-state index is 0.406. The van der Waals surface area contributed by atoms with E-state index in [9.17, 15) is 0 Å². The first-order chi connectivity index (χ1) is 9.27. The molecule has 0 saturated carbocycles. The summed E-state index contributed by atoms with van der Waals surface area (Å²) in [5, 5.41) is 0.682. The second-order valence-electron chi connectivity index (χ2n) is 4.47. The number of aryl methyl sites for hydroxylation is 1. The number of alkyl halides is 1. The van der Waals surface area contributed by atoms with Crippen molar-refractivity contribution in [1.29, 1.82) is 0 Å². The van der Waals surface area contributed by atoms with E-state index in [4.69, 9.17) is 27.9 Å². The van der Waals surface area contributed by atoms with Gasteiger partial charge >= 0.3 is 0 Å². The third-order valence-electron chi connectivity index (χ3n) is 3.16. The SMILES string of the molecule is COCCCCCn1c(CCl)nc2c(Cl)cccc21. The number of rotatable bonds is 7. The monoisotopic (exact) mass is 300 g/mol. The Bertz CT molecular complexity index is 539. The van der Waals surface area contributed by atoms with Crippen molar-refractivity contribution in [2.75, 3.05) is 13.7 Å². The number of hydrogen-bond acceptors (Lipinski definition) is 2. The molecule has 1 heterocycles. The Hall–Kier alpha value is -0.770. The molecule has 0 bridgehead atoms. The molecule has 0 amide bonds. The molecule has 104 valence electrons. The topological polar surface area (TPSA) is 27.1 Å². The molecular formula is C14H18Cl2N2O. The van der Waals surface area contributed by atoms with E-state index in [1.54, 1.807) is 7.11 Å². The lowest BCUT2D eigenvalue weighted by molar-refractivity contribution is 0.191. The number of aromatic nitrogens is 2. The molecular weight excluding hydrogens is 283 g/mol. The van der Waals surface area contributed by atoms with Crippen LogP contribution in [0.4, 0.5) is 0 Å². The minimum Gasteiger partial charge on any atom is -0.385 e. The summed E-state index contributed by atoms with van der Waals surface area (Å²) in [6.45, 7) is 1.74. The zero-order valence-electron chi connectivity index (χ0n) is 11.0. The van der Waals surface area contributed by atoms with Crippen molar-refractivity contribution >= 4 is 34.2 Å². The van der Waals surface area contributed by atoms with E-state index in [1.165, 1.54) is 0 Å². The van der Waals surface area contributed by atoms with Crippen LogP contribution in [-0.2, 0) is 17.2 Å². The zero-order chi connectivity index (χ0) is 13.7. The molecule has 5 heteroatoms. The molecule has 3 nitrogen and oxygen atoms in total. The van der Waals surface area contributed by atoms with Gasteiger partial charge in [0.25, 0.3) is 0 Å². The number of para-hydroxylation sites is 1. The Labute approximate surface area is 123 Å². The van der Waals surface area contributed by atoms with Crippen LogP contribution < -0.4 is 0 Å². The lowest BCUT2D eigenvalue weighted by Gasteiger charge is -2.07. The highest BCUT2D eigenvalue weighted by atomic mass is 35.5. The Morgan fingerprint density at radius 1 is 1.26 bits per heavy atom. The van der Waals surface area contributed by atoms with Crippen LogP contribution in [0.15, 0.2) is 18.2 Å². The lowest BCUT2D eigenvalue weighted by atomic mass is 10.2. The molecule has 0 aliphatic carbocycles. The van der Waals surface area contributed by atoms with Crippen LogP contribution in [0.25, 0.3) is 11.0 Å². The minimum absolute atomic E-state index is 0.406. The van der Waals surface area contributed by atoms with Gasteiger partial charge in [-0.3, -0.25) is 0 Å². The van der Waals surface area contributed by atoms with Gasteiger partial charge in [0.1, 0.15) is 11.3 Å². The van der Waals surface area contributed by atoms with E-state index in [-0.39, 0.29) is 0 Å². The van der Waals surface area contributed by atoms with E-state index >= 15 is 0 Å². The average Bonchev–Trinajstić information content (AvgIpc) is 2.78. The molecule has 2 rings (SSSR count). The van der Waals surface area contributed by atoms with Gasteiger partial charge in [0, 0.05) is 20.3 Å². The van der Waals surface area contributed by atoms with E-state index < -0.39 is 0 Å². The predicted molar refractivity (Wildman–Crippen MR) is 80.0 cm³/mol. The molecule has 19 heavy (non-hydrogen) atoms. The average molecular weight is 301 g/mol.